The van der Waals surface area contributed by atoms with Gasteiger partial charge in [-0.15, -0.1) is 0 Å². The van der Waals surface area contributed by atoms with Crippen molar-refractivity contribution in [3.05, 3.63) is 35.4 Å². The molecule has 0 amide bonds. The van der Waals surface area contributed by atoms with Gasteiger partial charge in [0.2, 0.25) is 0 Å². The molecule has 0 bridgehead atoms. The van der Waals surface area contributed by atoms with Gasteiger partial charge in [0.05, 0.1) is 12.2 Å². The molecule has 2 fully saturated rings. The standard InChI is InChI=1S/C11H14.C6H12O.C5H10O/c1-9-5-4-7-10-6-2-3-8-11(9)10;1-6-4-2-3-5-7-6;1-5-3-2-4-6-5/h2-3,6,8-9H,4-5,7H2,1H3;6H,2-5H2,1H3;5H,2-4H2,1H3. The second-order valence-electron chi connectivity index (χ2n) is 7.49. The lowest BCUT2D eigenvalue weighted by atomic mass is 9.84. The molecular weight excluding hydrogens is 296 g/mol. The Kier molecular flexibility index (Phi) is 8.83. The second kappa shape index (κ2) is 10.9. The quantitative estimate of drug-likeness (QED) is 0.590. The molecule has 2 aliphatic heterocycles. The van der Waals surface area contributed by atoms with E-state index in [0.29, 0.717) is 12.2 Å². The maximum absolute atomic E-state index is 5.28. The van der Waals surface area contributed by atoms with Gasteiger partial charge in [-0.3, -0.25) is 0 Å². The van der Waals surface area contributed by atoms with Crippen molar-refractivity contribution in [2.24, 2.45) is 0 Å². The van der Waals surface area contributed by atoms with E-state index in [1.807, 2.05) is 0 Å². The fourth-order valence-electron chi connectivity index (χ4n) is 3.64. The van der Waals surface area contributed by atoms with Crippen LogP contribution in [0.25, 0.3) is 0 Å². The normalized spacial score (nSPS) is 28.7. The number of hydrogen-bond acceptors (Lipinski definition) is 2. The fourth-order valence-corrected chi connectivity index (χ4v) is 3.64. The Balaban J connectivity index is 0.000000139. The summed E-state index contributed by atoms with van der Waals surface area (Å²) in [5.41, 5.74) is 3.16. The summed E-state index contributed by atoms with van der Waals surface area (Å²) < 4.78 is 10.4. The topological polar surface area (TPSA) is 18.5 Å². The van der Waals surface area contributed by atoms with E-state index in [9.17, 15) is 0 Å². The molecule has 3 aliphatic rings. The van der Waals surface area contributed by atoms with Gasteiger partial charge >= 0.3 is 0 Å². The van der Waals surface area contributed by atoms with Gasteiger partial charge in [0.1, 0.15) is 0 Å². The minimum Gasteiger partial charge on any atom is -0.379 e. The van der Waals surface area contributed by atoms with Crippen LogP contribution in [-0.4, -0.2) is 25.4 Å². The summed E-state index contributed by atoms with van der Waals surface area (Å²) in [7, 11) is 0. The fraction of sp³-hybridized carbons (Fsp3) is 0.727. The zero-order chi connectivity index (χ0) is 17.2. The first-order valence-corrected chi connectivity index (χ1v) is 9.98. The molecule has 0 spiro atoms. The highest BCUT2D eigenvalue weighted by Gasteiger charge is 2.14. The van der Waals surface area contributed by atoms with Gasteiger partial charge in [-0.25, -0.2) is 0 Å². The average molecular weight is 333 g/mol. The number of benzene rings is 1. The van der Waals surface area contributed by atoms with Crippen LogP contribution in [0.2, 0.25) is 0 Å². The van der Waals surface area contributed by atoms with Crippen LogP contribution in [0.5, 0.6) is 0 Å². The first kappa shape index (κ1) is 19.5. The van der Waals surface area contributed by atoms with Crippen molar-refractivity contribution in [3.63, 3.8) is 0 Å². The molecule has 4 rings (SSSR count). The molecule has 2 saturated heterocycles. The Morgan fingerprint density at radius 2 is 1.42 bits per heavy atom. The van der Waals surface area contributed by atoms with E-state index in [0.717, 1.165) is 19.1 Å². The Hall–Kier alpha value is -0.860. The van der Waals surface area contributed by atoms with Crippen LogP contribution in [-0.2, 0) is 15.9 Å². The molecule has 1 aliphatic carbocycles. The number of fused-ring (bicyclic) bond motifs is 1. The molecule has 3 atom stereocenters. The van der Waals surface area contributed by atoms with Crippen molar-refractivity contribution in [2.75, 3.05) is 13.2 Å². The third kappa shape index (κ3) is 6.94. The number of hydrogen-bond donors (Lipinski definition) is 0. The van der Waals surface area contributed by atoms with E-state index in [2.05, 4.69) is 45.0 Å². The van der Waals surface area contributed by atoms with E-state index in [4.69, 9.17) is 9.47 Å². The van der Waals surface area contributed by atoms with Gasteiger partial charge in [-0.1, -0.05) is 31.2 Å². The number of ether oxygens (including phenoxy) is 2. The minimum atomic E-state index is 0.536. The monoisotopic (exact) mass is 332 g/mol. The maximum atomic E-state index is 5.28. The average Bonchev–Trinajstić information content (AvgIpc) is 3.08. The maximum Gasteiger partial charge on any atom is 0.0547 e. The third-order valence-corrected chi connectivity index (χ3v) is 5.23. The van der Waals surface area contributed by atoms with Gasteiger partial charge in [-0.2, -0.15) is 0 Å². The van der Waals surface area contributed by atoms with Crippen LogP contribution in [0.15, 0.2) is 24.3 Å². The molecule has 0 saturated carbocycles. The van der Waals surface area contributed by atoms with Gasteiger partial charge in [0.25, 0.3) is 0 Å². The zero-order valence-corrected chi connectivity index (χ0v) is 15.9. The molecule has 0 radical (unpaired) electrons. The zero-order valence-electron chi connectivity index (χ0n) is 15.9. The summed E-state index contributed by atoms with van der Waals surface area (Å²) in [5, 5.41) is 0. The Labute approximate surface area is 148 Å². The van der Waals surface area contributed by atoms with Crippen molar-refractivity contribution in [3.8, 4) is 0 Å². The summed E-state index contributed by atoms with van der Waals surface area (Å²) in [6.45, 7) is 8.56. The van der Waals surface area contributed by atoms with Gasteiger partial charge < -0.3 is 9.47 Å². The molecule has 2 heteroatoms. The van der Waals surface area contributed by atoms with Crippen molar-refractivity contribution < 1.29 is 9.47 Å². The molecule has 1 aromatic rings. The van der Waals surface area contributed by atoms with Crippen LogP contribution >= 0.6 is 0 Å². The summed E-state index contributed by atoms with van der Waals surface area (Å²) in [6.07, 6.45) is 11.5. The highest BCUT2D eigenvalue weighted by Crippen LogP contribution is 2.30. The smallest absolute Gasteiger partial charge is 0.0547 e. The summed E-state index contributed by atoms with van der Waals surface area (Å²) in [4.78, 5) is 0. The van der Waals surface area contributed by atoms with Gasteiger partial charge in [0.15, 0.2) is 0 Å². The first-order valence-electron chi connectivity index (χ1n) is 9.98. The van der Waals surface area contributed by atoms with E-state index < -0.39 is 0 Å². The minimum absolute atomic E-state index is 0.536. The number of rotatable bonds is 0. The Bertz CT molecular complexity index is 445. The van der Waals surface area contributed by atoms with Crippen LogP contribution in [0.3, 0.4) is 0 Å². The largest absolute Gasteiger partial charge is 0.379 e. The number of aryl methyl sites for hydroxylation is 1. The van der Waals surface area contributed by atoms with Gasteiger partial charge in [0, 0.05) is 13.2 Å². The molecule has 2 nitrogen and oxygen atoms in total. The molecule has 0 aromatic heterocycles. The van der Waals surface area contributed by atoms with E-state index in [1.165, 1.54) is 51.4 Å². The third-order valence-electron chi connectivity index (χ3n) is 5.23. The molecule has 3 unspecified atom stereocenters. The highest BCUT2D eigenvalue weighted by atomic mass is 16.5. The summed E-state index contributed by atoms with van der Waals surface area (Å²) >= 11 is 0. The van der Waals surface area contributed by atoms with E-state index >= 15 is 0 Å². The van der Waals surface area contributed by atoms with Crippen molar-refractivity contribution in [1.82, 2.24) is 0 Å². The van der Waals surface area contributed by atoms with Crippen LogP contribution in [0.4, 0.5) is 0 Å². The molecule has 2 heterocycles. The molecule has 0 N–H and O–H groups in total. The van der Waals surface area contributed by atoms with Crippen LogP contribution < -0.4 is 0 Å². The molecule has 24 heavy (non-hydrogen) atoms. The lowest BCUT2D eigenvalue weighted by Crippen LogP contribution is -2.14. The predicted molar refractivity (Wildman–Crippen MR) is 102 cm³/mol. The van der Waals surface area contributed by atoms with Crippen molar-refractivity contribution >= 4 is 0 Å². The van der Waals surface area contributed by atoms with E-state index in [-0.39, 0.29) is 0 Å². The lowest BCUT2D eigenvalue weighted by Gasteiger charge is -2.21. The second-order valence-corrected chi connectivity index (χ2v) is 7.49. The van der Waals surface area contributed by atoms with E-state index in [1.54, 1.807) is 11.1 Å². The SMILES string of the molecule is CC1CCCCO1.CC1CCCO1.CC1CCCc2ccccc21. The Morgan fingerprint density at radius 3 is 1.92 bits per heavy atom. The molecular formula is C22H36O2. The predicted octanol–water partition coefficient (Wildman–Crippen LogP) is 5.89. The molecule has 1 aromatic carbocycles. The lowest BCUT2D eigenvalue weighted by molar-refractivity contribution is 0.0285. The first-order chi connectivity index (χ1) is 11.7. The van der Waals surface area contributed by atoms with Crippen molar-refractivity contribution in [1.29, 1.82) is 0 Å². The van der Waals surface area contributed by atoms with Crippen LogP contribution in [0.1, 0.15) is 82.8 Å². The highest BCUT2D eigenvalue weighted by molar-refractivity contribution is 5.31. The van der Waals surface area contributed by atoms with Crippen LogP contribution in [0, 0.1) is 0 Å². The Morgan fingerprint density at radius 1 is 0.750 bits per heavy atom. The summed E-state index contributed by atoms with van der Waals surface area (Å²) in [6, 6.07) is 8.85. The van der Waals surface area contributed by atoms with Crippen molar-refractivity contribution in [2.45, 2.75) is 90.3 Å². The summed E-state index contributed by atoms with van der Waals surface area (Å²) in [5.74, 6) is 0.792. The molecule has 136 valence electrons. The van der Waals surface area contributed by atoms with Gasteiger partial charge in [-0.05, 0) is 82.3 Å².